The average molecular weight is 175 g/mol. The third-order valence-electron chi connectivity index (χ3n) is 1.02. The molecule has 0 aromatic heterocycles. The average Bonchev–Trinajstić information content (AvgIpc) is 1.67. The number of rotatable bonds is 2. The van der Waals surface area contributed by atoms with Gasteiger partial charge in [-0.05, 0) is 5.92 Å². The van der Waals surface area contributed by atoms with Crippen LogP contribution >= 0.6 is 34.8 Å². The minimum atomic E-state index is -0.748. The molecule has 0 amide bonds. The van der Waals surface area contributed by atoms with Crippen LogP contribution in [0.4, 0.5) is 0 Å². The predicted octanol–water partition coefficient (Wildman–Crippen LogP) is 3.06. The normalized spacial score (nSPS) is 12.8. The number of halogens is 3. The van der Waals surface area contributed by atoms with Crippen LogP contribution in [-0.2, 0) is 0 Å². The Kier molecular flexibility index (Phi) is 3.49. The fraction of sp³-hybridized carbons (Fsp3) is 1.00. The van der Waals surface area contributed by atoms with Crippen LogP contribution in [0, 0.1) is 5.92 Å². The Morgan fingerprint density at radius 3 is 1.75 bits per heavy atom. The minimum Gasteiger partial charge on any atom is -0.123 e. The van der Waals surface area contributed by atoms with E-state index in [0.717, 1.165) is 0 Å². The van der Waals surface area contributed by atoms with Gasteiger partial charge in [-0.3, -0.25) is 0 Å². The second kappa shape index (κ2) is 3.14. The van der Waals surface area contributed by atoms with Crippen LogP contribution in [0.5, 0.6) is 0 Å². The highest BCUT2D eigenvalue weighted by Gasteiger charge is 2.26. The first kappa shape index (κ1) is 8.87. The van der Waals surface area contributed by atoms with E-state index in [0.29, 0.717) is 0 Å². The summed E-state index contributed by atoms with van der Waals surface area (Å²) in [5, 5.41) is 0. The Balaban J connectivity index is 3.71. The molecule has 0 spiro atoms. The fourth-order valence-electron chi connectivity index (χ4n) is 0.154. The summed E-state index contributed by atoms with van der Waals surface area (Å²) in [5.74, 6) is 0.497. The zero-order chi connectivity index (χ0) is 6.78. The molecule has 0 aliphatic heterocycles. The van der Waals surface area contributed by atoms with E-state index in [-0.39, 0.29) is 11.8 Å². The first-order valence-corrected chi connectivity index (χ1v) is 3.73. The predicted molar refractivity (Wildman–Crippen MR) is 40.0 cm³/mol. The third kappa shape index (κ3) is 2.43. The van der Waals surface area contributed by atoms with Gasteiger partial charge in [0.2, 0.25) is 0 Å². The summed E-state index contributed by atoms with van der Waals surface area (Å²) in [4.78, 5) is 0. The van der Waals surface area contributed by atoms with E-state index in [4.69, 9.17) is 34.8 Å². The smallest absolute Gasteiger partial charge is 0.123 e. The Hall–Kier alpha value is 0.870. The van der Waals surface area contributed by atoms with E-state index in [2.05, 4.69) is 0 Å². The van der Waals surface area contributed by atoms with Gasteiger partial charge < -0.3 is 0 Å². The lowest BCUT2D eigenvalue weighted by Crippen LogP contribution is -2.22. The lowest BCUT2D eigenvalue weighted by atomic mass is 10.1. The molecule has 0 nitrogen and oxygen atoms in total. The molecule has 0 saturated heterocycles. The first-order valence-electron chi connectivity index (χ1n) is 2.44. The van der Waals surface area contributed by atoms with E-state index in [1.165, 1.54) is 0 Å². The van der Waals surface area contributed by atoms with Gasteiger partial charge in [0.25, 0.3) is 0 Å². The first-order chi connectivity index (χ1) is 3.50. The molecule has 3 heteroatoms. The topological polar surface area (TPSA) is 0 Å². The molecule has 0 N–H and O–H groups in total. The van der Waals surface area contributed by atoms with Gasteiger partial charge in [0.1, 0.15) is 4.33 Å². The molecule has 0 aromatic rings. The maximum Gasteiger partial charge on any atom is 0.134 e. The molecule has 0 radical (unpaired) electrons. The van der Waals surface area contributed by atoms with Gasteiger partial charge in [-0.1, -0.05) is 13.8 Å². The standard InChI is InChI=1S/C5H9Cl3/c1-4(2)5(7,8)3-6/h4H,3H2,1-2H3. The van der Waals surface area contributed by atoms with Crippen molar-refractivity contribution in [1.82, 2.24) is 0 Å². The Morgan fingerprint density at radius 1 is 1.38 bits per heavy atom. The Bertz CT molecular complexity index is 68.1. The Labute approximate surface area is 65.1 Å². The van der Waals surface area contributed by atoms with Crippen LogP contribution in [0.3, 0.4) is 0 Å². The molecule has 0 atom stereocenters. The quantitative estimate of drug-likeness (QED) is 0.566. The van der Waals surface area contributed by atoms with Crippen molar-refractivity contribution in [2.75, 3.05) is 5.88 Å². The van der Waals surface area contributed by atoms with Gasteiger partial charge in [-0.15, -0.1) is 34.8 Å². The third-order valence-corrected chi connectivity index (χ3v) is 2.86. The zero-order valence-electron chi connectivity index (χ0n) is 4.92. The van der Waals surface area contributed by atoms with Crippen molar-refractivity contribution in [3.63, 3.8) is 0 Å². The molecule has 0 rings (SSSR count). The summed E-state index contributed by atoms with van der Waals surface area (Å²) >= 11 is 16.8. The summed E-state index contributed by atoms with van der Waals surface area (Å²) in [5.41, 5.74) is 0. The molecule has 0 fully saturated rings. The summed E-state index contributed by atoms with van der Waals surface area (Å²) in [6.45, 7) is 3.87. The zero-order valence-corrected chi connectivity index (χ0v) is 7.19. The summed E-state index contributed by atoms with van der Waals surface area (Å²) in [6.07, 6.45) is 0. The van der Waals surface area contributed by atoms with Crippen molar-refractivity contribution >= 4 is 34.8 Å². The lowest BCUT2D eigenvalue weighted by molar-refractivity contribution is 0.591. The van der Waals surface area contributed by atoms with Crippen LogP contribution in [0.1, 0.15) is 13.8 Å². The van der Waals surface area contributed by atoms with E-state index >= 15 is 0 Å². The summed E-state index contributed by atoms with van der Waals surface area (Å²) in [7, 11) is 0. The molecular weight excluding hydrogens is 166 g/mol. The molecule has 8 heavy (non-hydrogen) atoms. The van der Waals surface area contributed by atoms with E-state index < -0.39 is 4.33 Å². The van der Waals surface area contributed by atoms with Gasteiger partial charge in [0.05, 0.1) is 5.88 Å². The maximum atomic E-state index is 5.69. The summed E-state index contributed by atoms with van der Waals surface area (Å²) in [6, 6.07) is 0. The molecule has 0 unspecified atom stereocenters. The van der Waals surface area contributed by atoms with Crippen molar-refractivity contribution in [3.05, 3.63) is 0 Å². The highest BCUT2D eigenvalue weighted by Crippen LogP contribution is 2.30. The van der Waals surface area contributed by atoms with Gasteiger partial charge in [-0.25, -0.2) is 0 Å². The number of hydrogen-bond acceptors (Lipinski definition) is 0. The lowest BCUT2D eigenvalue weighted by Gasteiger charge is -2.19. The van der Waals surface area contributed by atoms with Gasteiger partial charge in [-0.2, -0.15) is 0 Å². The molecule has 0 aliphatic carbocycles. The molecule has 0 heterocycles. The molecule has 0 aromatic carbocycles. The molecule has 0 saturated carbocycles. The van der Waals surface area contributed by atoms with Gasteiger partial charge in [0.15, 0.2) is 0 Å². The van der Waals surface area contributed by atoms with E-state index in [1.54, 1.807) is 0 Å². The SMILES string of the molecule is CC(C)C(Cl)(Cl)CCl. The van der Waals surface area contributed by atoms with Crippen molar-refractivity contribution < 1.29 is 0 Å². The molecule has 0 aliphatic rings. The maximum absolute atomic E-state index is 5.69. The van der Waals surface area contributed by atoms with Crippen molar-refractivity contribution in [1.29, 1.82) is 0 Å². The molecule has 50 valence electrons. The molecule has 0 bridgehead atoms. The molecular formula is C5H9Cl3. The van der Waals surface area contributed by atoms with Crippen LogP contribution in [0.2, 0.25) is 0 Å². The number of hydrogen-bond donors (Lipinski definition) is 0. The highest BCUT2D eigenvalue weighted by atomic mass is 35.5. The second-order valence-corrected chi connectivity index (χ2v) is 3.86. The monoisotopic (exact) mass is 174 g/mol. The van der Waals surface area contributed by atoms with Crippen LogP contribution in [0.25, 0.3) is 0 Å². The van der Waals surface area contributed by atoms with E-state index in [1.807, 2.05) is 13.8 Å². The van der Waals surface area contributed by atoms with Crippen molar-refractivity contribution in [3.8, 4) is 0 Å². The number of alkyl halides is 3. The Morgan fingerprint density at radius 2 is 1.75 bits per heavy atom. The van der Waals surface area contributed by atoms with Crippen LogP contribution in [0.15, 0.2) is 0 Å². The van der Waals surface area contributed by atoms with Crippen LogP contribution < -0.4 is 0 Å². The second-order valence-electron chi connectivity index (χ2n) is 2.05. The van der Waals surface area contributed by atoms with Crippen LogP contribution in [-0.4, -0.2) is 10.2 Å². The van der Waals surface area contributed by atoms with Gasteiger partial charge >= 0.3 is 0 Å². The van der Waals surface area contributed by atoms with Crippen molar-refractivity contribution in [2.45, 2.75) is 18.2 Å². The largest absolute Gasteiger partial charge is 0.134 e. The highest BCUT2D eigenvalue weighted by molar-refractivity contribution is 6.51. The fourth-order valence-corrected chi connectivity index (χ4v) is 0.463. The summed E-state index contributed by atoms with van der Waals surface area (Å²) < 4.78 is -0.748. The minimum absolute atomic E-state index is 0.211. The van der Waals surface area contributed by atoms with Crippen molar-refractivity contribution in [2.24, 2.45) is 5.92 Å². The van der Waals surface area contributed by atoms with Gasteiger partial charge in [0, 0.05) is 0 Å². The van der Waals surface area contributed by atoms with E-state index in [9.17, 15) is 0 Å².